The predicted molar refractivity (Wildman–Crippen MR) is 49.1 cm³/mol. The average Bonchev–Trinajstić information content (AvgIpc) is 2.95. The quantitative estimate of drug-likeness (QED) is 0.757. The Kier molecular flexibility index (Phi) is 2.45. The van der Waals surface area contributed by atoms with Crippen LogP contribution in [0.1, 0.15) is 24.5 Å². The molecule has 0 bridgehead atoms. The van der Waals surface area contributed by atoms with E-state index in [1.165, 1.54) is 0 Å². The maximum Gasteiger partial charge on any atom is 0.142 e. The predicted octanol–water partition coefficient (Wildman–Crippen LogP) is 3.06. The summed E-state index contributed by atoms with van der Waals surface area (Å²) in [6, 6.07) is 1.95. The smallest absolute Gasteiger partial charge is 0.142 e. The molecule has 76 valence electrons. The van der Waals surface area contributed by atoms with E-state index in [2.05, 4.69) is 0 Å². The SMILES string of the molecule is OC(c1c(F)ccc(F)c1Cl)C1CC1. The number of aliphatic hydroxyl groups excluding tert-OH is 1. The maximum atomic E-state index is 13.3. The van der Waals surface area contributed by atoms with Crippen molar-refractivity contribution in [2.24, 2.45) is 5.92 Å². The summed E-state index contributed by atoms with van der Waals surface area (Å²) < 4.78 is 26.3. The number of hydrogen-bond acceptors (Lipinski definition) is 1. The zero-order chi connectivity index (χ0) is 10.3. The molecule has 14 heavy (non-hydrogen) atoms. The van der Waals surface area contributed by atoms with Crippen molar-refractivity contribution >= 4 is 11.6 Å². The van der Waals surface area contributed by atoms with Gasteiger partial charge in [-0.05, 0) is 30.9 Å². The first-order chi connectivity index (χ1) is 6.61. The highest BCUT2D eigenvalue weighted by Gasteiger charge is 2.34. The summed E-state index contributed by atoms with van der Waals surface area (Å²) in [6.07, 6.45) is 0.708. The van der Waals surface area contributed by atoms with E-state index >= 15 is 0 Å². The van der Waals surface area contributed by atoms with Crippen molar-refractivity contribution in [3.63, 3.8) is 0 Å². The van der Waals surface area contributed by atoms with Crippen LogP contribution in [0.5, 0.6) is 0 Å². The van der Waals surface area contributed by atoms with Crippen LogP contribution in [-0.2, 0) is 0 Å². The van der Waals surface area contributed by atoms with Gasteiger partial charge in [-0.3, -0.25) is 0 Å². The summed E-state index contributed by atoms with van der Waals surface area (Å²) in [5, 5.41) is 9.35. The lowest BCUT2D eigenvalue weighted by atomic mass is 10.0. The standard InChI is InChI=1S/C10H9ClF2O/c11-9-7(13)4-3-6(12)8(9)10(14)5-1-2-5/h3-5,10,14H,1-2H2. The number of hydrogen-bond donors (Lipinski definition) is 1. The number of benzene rings is 1. The molecule has 1 aliphatic rings. The van der Waals surface area contributed by atoms with Crippen molar-refractivity contribution in [2.75, 3.05) is 0 Å². The van der Waals surface area contributed by atoms with E-state index in [-0.39, 0.29) is 16.5 Å². The molecule has 0 amide bonds. The van der Waals surface area contributed by atoms with Crippen LogP contribution in [0.4, 0.5) is 8.78 Å². The fourth-order valence-electron chi connectivity index (χ4n) is 1.46. The van der Waals surface area contributed by atoms with Crippen molar-refractivity contribution in [3.8, 4) is 0 Å². The third-order valence-corrected chi connectivity index (χ3v) is 2.83. The first-order valence-corrected chi connectivity index (χ1v) is 4.80. The van der Waals surface area contributed by atoms with Crippen LogP contribution < -0.4 is 0 Å². The second kappa shape index (κ2) is 3.48. The Balaban J connectivity index is 2.43. The molecule has 0 aliphatic heterocycles. The van der Waals surface area contributed by atoms with Gasteiger partial charge in [-0.2, -0.15) is 0 Å². The molecule has 1 aliphatic carbocycles. The van der Waals surface area contributed by atoms with Crippen LogP contribution in [-0.4, -0.2) is 5.11 Å². The summed E-state index contributed by atoms with van der Waals surface area (Å²) in [7, 11) is 0. The number of rotatable bonds is 2. The lowest BCUT2D eigenvalue weighted by molar-refractivity contribution is 0.149. The largest absolute Gasteiger partial charge is 0.388 e. The summed E-state index contributed by atoms with van der Waals surface area (Å²) in [5.41, 5.74) is -0.103. The highest BCUT2D eigenvalue weighted by molar-refractivity contribution is 6.31. The molecule has 1 unspecified atom stereocenters. The first-order valence-electron chi connectivity index (χ1n) is 4.42. The van der Waals surface area contributed by atoms with Crippen molar-refractivity contribution in [2.45, 2.75) is 18.9 Å². The van der Waals surface area contributed by atoms with Gasteiger partial charge in [-0.1, -0.05) is 11.6 Å². The molecule has 1 fully saturated rings. The van der Waals surface area contributed by atoms with E-state index in [0.29, 0.717) is 0 Å². The van der Waals surface area contributed by atoms with Gasteiger partial charge in [-0.15, -0.1) is 0 Å². The molecular formula is C10H9ClF2O. The van der Waals surface area contributed by atoms with Crippen LogP contribution >= 0.6 is 11.6 Å². The van der Waals surface area contributed by atoms with Gasteiger partial charge in [0.25, 0.3) is 0 Å². The third-order valence-electron chi connectivity index (χ3n) is 2.44. The van der Waals surface area contributed by atoms with E-state index < -0.39 is 17.7 Å². The maximum absolute atomic E-state index is 13.3. The van der Waals surface area contributed by atoms with Gasteiger partial charge in [0.15, 0.2) is 0 Å². The normalized spacial score (nSPS) is 18.3. The Morgan fingerprint density at radius 2 is 1.86 bits per heavy atom. The van der Waals surface area contributed by atoms with E-state index in [0.717, 1.165) is 25.0 Å². The van der Waals surface area contributed by atoms with Crippen molar-refractivity contribution in [3.05, 3.63) is 34.4 Å². The van der Waals surface area contributed by atoms with Crippen LogP contribution in [0.2, 0.25) is 5.02 Å². The Morgan fingerprint density at radius 3 is 2.43 bits per heavy atom. The zero-order valence-electron chi connectivity index (χ0n) is 7.30. The second-order valence-corrected chi connectivity index (χ2v) is 3.92. The minimum Gasteiger partial charge on any atom is -0.388 e. The van der Waals surface area contributed by atoms with E-state index in [1.807, 2.05) is 0 Å². The van der Waals surface area contributed by atoms with Gasteiger partial charge in [0, 0.05) is 5.56 Å². The van der Waals surface area contributed by atoms with Gasteiger partial charge in [0.1, 0.15) is 11.6 Å². The molecule has 0 radical (unpaired) electrons. The zero-order valence-corrected chi connectivity index (χ0v) is 8.06. The minimum absolute atomic E-state index is 0.0313. The van der Waals surface area contributed by atoms with Gasteiger partial charge in [0.05, 0.1) is 11.1 Å². The molecule has 1 saturated carbocycles. The Hall–Kier alpha value is -0.670. The van der Waals surface area contributed by atoms with Crippen LogP contribution in [0.15, 0.2) is 12.1 Å². The summed E-state index contributed by atoms with van der Waals surface area (Å²) in [6.45, 7) is 0. The van der Waals surface area contributed by atoms with E-state index in [4.69, 9.17) is 11.6 Å². The molecule has 1 nitrogen and oxygen atoms in total. The summed E-state index contributed by atoms with van der Waals surface area (Å²) in [5.74, 6) is -1.30. The molecule has 0 spiro atoms. The number of halogens is 3. The van der Waals surface area contributed by atoms with Gasteiger partial charge in [0.2, 0.25) is 0 Å². The topological polar surface area (TPSA) is 20.2 Å². The van der Waals surface area contributed by atoms with Gasteiger partial charge in [-0.25, -0.2) is 8.78 Å². The van der Waals surface area contributed by atoms with Crippen molar-refractivity contribution in [1.29, 1.82) is 0 Å². The fourth-order valence-corrected chi connectivity index (χ4v) is 1.73. The molecule has 0 heterocycles. The fraction of sp³-hybridized carbons (Fsp3) is 0.400. The molecular weight excluding hydrogens is 210 g/mol. The Bertz CT molecular complexity index is 363. The average molecular weight is 219 g/mol. The molecule has 1 aromatic rings. The summed E-state index contributed by atoms with van der Waals surface area (Å²) >= 11 is 5.59. The molecule has 1 atom stereocenters. The number of aliphatic hydroxyl groups is 1. The highest BCUT2D eigenvalue weighted by Crippen LogP contribution is 2.43. The van der Waals surface area contributed by atoms with Crippen molar-refractivity contribution < 1.29 is 13.9 Å². The van der Waals surface area contributed by atoms with Crippen molar-refractivity contribution in [1.82, 2.24) is 0 Å². The van der Waals surface area contributed by atoms with Crippen LogP contribution in [0.25, 0.3) is 0 Å². The lowest BCUT2D eigenvalue weighted by Crippen LogP contribution is -2.04. The minimum atomic E-state index is -0.974. The van der Waals surface area contributed by atoms with Gasteiger partial charge < -0.3 is 5.11 Å². The molecule has 1 aromatic carbocycles. The second-order valence-electron chi connectivity index (χ2n) is 3.54. The molecule has 4 heteroatoms. The summed E-state index contributed by atoms with van der Waals surface area (Å²) in [4.78, 5) is 0. The first kappa shape index (κ1) is 9.87. The molecule has 0 aromatic heterocycles. The van der Waals surface area contributed by atoms with E-state index in [1.54, 1.807) is 0 Å². The molecule has 2 rings (SSSR count). The Labute approximate surface area is 85.3 Å². The lowest BCUT2D eigenvalue weighted by Gasteiger charge is -2.12. The molecule has 0 saturated heterocycles. The Morgan fingerprint density at radius 1 is 1.29 bits per heavy atom. The highest BCUT2D eigenvalue weighted by atomic mass is 35.5. The van der Waals surface area contributed by atoms with E-state index in [9.17, 15) is 13.9 Å². The van der Waals surface area contributed by atoms with Crippen LogP contribution in [0, 0.1) is 17.6 Å². The molecule has 1 N–H and O–H groups in total. The van der Waals surface area contributed by atoms with Gasteiger partial charge >= 0.3 is 0 Å². The third kappa shape index (κ3) is 1.62. The van der Waals surface area contributed by atoms with Crippen LogP contribution in [0.3, 0.4) is 0 Å². The monoisotopic (exact) mass is 218 g/mol.